The molecular formula is C17H30N2. The molecular weight excluding hydrogens is 232 g/mol. The molecule has 0 aliphatic rings. The maximum atomic E-state index is 2.48. The van der Waals surface area contributed by atoms with E-state index in [9.17, 15) is 0 Å². The van der Waals surface area contributed by atoms with E-state index in [0.717, 1.165) is 13.1 Å². The first kappa shape index (κ1) is 16.2. The molecule has 0 aliphatic heterocycles. The molecule has 1 atom stereocenters. The molecule has 0 saturated carbocycles. The summed E-state index contributed by atoms with van der Waals surface area (Å²) in [5.74, 6) is 0.650. The molecule has 0 radical (unpaired) electrons. The molecule has 0 fully saturated rings. The minimum Gasteiger partial charge on any atom is -0.305 e. The Morgan fingerprint density at radius 2 is 1.58 bits per heavy atom. The van der Waals surface area contributed by atoms with Gasteiger partial charge in [-0.25, -0.2) is 0 Å². The second-order valence-corrected chi connectivity index (χ2v) is 5.43. The number of hydrogen-bond donors (Lipinski definition) is 0. The second kappa shape index (κ2) is 9.11. The van der Waals surface area contributed by atoms with Crippen molar-refractivity contribution < 1.29 is 0 Å². The Morgan fingerprint density at radius 1 is 0.947 bits per heavy atom. The van der Waals surface area contributed by atoms with E-state index in [4.69, 9.17) is 0 Å². The summed E-state index contributed by atoms with van der Waals surface area (Å²) in [6.07, 6.45) is 1.23. The molecule has 2 heteroatoms. The first-order valence-electron chi connectivity index (χ1n) is 7.63. The summed E-state index contributed by atoms with van der Waals surface area (Å²) in [5, 5.41) is 0. The van der Waals surface area contributed by atoms with E-state index >= 15 is 0 Å². The molecule has 2 nitrogen and oxygen atoms in total. The van der Waals surface area contributed by atoms with Gasteiger partial charge in [0.25, 0.3) is 0 Å². The van der Waals surface area contributed by atoms with Crippen LogP contribution in [0.4, 0.5) is 0 Å². The second-order valence-electron chi connectivity index (χ2n) is 5.43. The third-order valence-electron chi connectivity index (χ3n) is 4.00. The highest BCUT2D eigenvalue weighted by Crippen LogP contribution is 2.18. The Hall–Kier alpha value is -0.860. The van der Waals surface area contributed by atoms with Gasteiger partial charge in [0.05, 0.1) is 0 Å². The summed E-state index contributed by atoms with van der Waals surface area (Å²) in [6, 6.07) is 10.8. The van der Waals surface area contributed by atoms with Crippen molar-refractivity contribution in [2.75, 3.05) is 39.8 Å². The minimum absolute atomic E-state index is 0.650. The SMILES string of the molecule is CCN(CC)CCN(C)CC[C@@H](C)c1ccccc1. The van der Waals surface area contributed by atoms with E-state index in [1.807, 2.05) is 0 Å². The molecule has 0 aliphatic carbocycles. The van der Waals surface area contributed by atoms with Crippen LogP contribution in [0.15, 0.2) is 30.3 Å². The molecule has 1 aromatic carbocycles. The molecule has 1 rings (SSSR count). The summed E-state index contributed by atoms with van der Waals surface area (Å²) in [5.41, 5.74) is 1.46. The molecule has 0 N–H and O–H groups in total. The fourth-order valence-electron chi connectivity index (χ4n) is 2.33. The lowest BCUT2D eigenvalue weighted by molar-refractivity contribution is 0.237. The molecule has 1 aromatic rings. The predicted molar refractivity (Wildman–Crippen MR) is 84.8 cm³/mol. The Kier molecular flexibility index (Phi) is 7.76. The predicted octanol–water partition coefficient (Wildman–Crippen LogP) is 3.45. The van der Waals surface area contributed by atoms with Gasteiger partial charge in [-0.1, -0.05) is 51.1 Å². The smallest absolute Gasteiger partial charge is 0.0109 e. The van der Waals surface area contributed by atoms with Crippen LogP contribution in [0.2, 0.25) is 0 Å². The van der Waals surface area contributed by atoms with Crippen LogP contribution in [0, 0.1) is 0 Å². The lowest BCUT2D eigenvalue weighted by atomic mass is 9.98. The lowest BCUT2D eigenvalue weighted by Crippen LogP contribution is -2.33. The zero-order valence-corrected chi connectivity index (χ0v) is 13.1. The summed E-state index contributed by atoms with van der Waals surface area (Å²) in [4.78, 5) is 4.94. The third kappa shape index (κ3) is 6.22. The van der Waals surface area contributed by atoms with E-state index in [1.54, 1.807) is 0 Å². The molecule has 0 heterocycles. The summed E-state index contributed by atoms with van der Waals surface area (Å²) >= 11 is 0. The fraction of sp³-hybridized carbons (Fsp3) is 0.647. The van der Waals surface area contributed by atoms with Crippen molar-refractivity contribution in [3.05, 3.63) is 35.9 Å². The lowest BCUT2D eigenvalue weighted by Gasteiger charge is -2.24. The van der Waals surface area contributed by atoms with Crippen LogP contribution in [0.1, 0.15) is 38.7 Å². The number of hydrogen-bond acceptors (Lipinski definition) is 2. The molecule has 0 unspecified atom stereocenters. The van der Waals surface area contributed by atoms with E-state index in [-0.39, 0.29) is 0 Å². The maximum Gasteiger partial charge on any atom is 0.0109 e. The van der Waals surface area contributed by atoms with Gasteiger partial charge < -0.3 is 9.80 Å². The van der Waals surface area contributed by atoms with E-state index < -0.39 is 0 Å². The average molecular weight is 262 g/mol. The van der Waals surface area contributed by atoms with Crippen molar-refractivity contribution in [2.24, 2.45) is 0 Å². The van der Waals surface area contributed by atoms with Gasteiger partial charge in [-0.2, -0.15) is 0 Å². The first-order valence-corrected chi connectivity index (χ1v) is 7.63. The normalized spacial score (nSPS) is 13.2. The van der Waals surface area contributed by atoms with Gasteiger partial charge in [0.2, 0.25) is 0 Å². The number of benzene rings is 1. The largest absolute Gasteiger partial charge is 0.305 e. The van der Waals surface area contributed by atoms with Gasteiger partial charge in [0.15, 0.2) is 0 Å². The van der Waals surface area contributed by atoms with Gasteiger partial charge in [0.1, 0.15) is 0 Å². The molecule has 0 saturated heterocycles. The standard InChI is InChI=1S/C17H30N2/c1-5-19(6-2)15-14-18(4)13-12-16(3)17-10-8-7-9-11-17/h7-11,16H,5-6,12-15H2,1-4H3/t16-/m1/s1. The van der Waals surface area contributed by atoms with Crippen LogP contribution in [0.5, 0.6) is 0 Å². The van der Waals surface area contributed by atoms with Crippen molar-refractivity contribution in [3.8, 4) is 0 Å². The van der Waals surface area contributed by atoms with E-state index in [0.29, 0.717) is 5.92 Å². The molecule has 0 amide bonds. The third-order valence-corrected chi connectivity index (χ3v) is 4.00. The van der Waals surface area contributed by atoms with E-state index in [2.05, 4.69) is 68.0 Å². The Bertz CT molecular complexity index is 319. The van der Waals surface area contributed by atoms with Crippen molar-refractivity contribution in [1.82, 2.24) is 9.80 Å². The summed E-state index contributed by atoms with van der Waals surface area (Å²) < 4.78 is 0. The number of likely N-dealkylation sites (N-methyl/N-ethyl adjacent to an activating group) is 2. The average Bonchev–Trinajstić information content (AvgIpc) is 2.46. The zero-order valence-electron chi connectivity index (χ0n) is 13.1. The Labute approximate surface area is 119 Å². The van der Waals surface area contributed by atoms with Gasteiger partial charge in [-0.15, -0.1) is 0 Å². The van der Waals surface area contributed by atoms with Crippen molar-refractivity contribution in [1.29, 1.82) is 0 Å². The van der Waals surface area contributed by atoms with Crippen molar-refractivity contribution in [3.63, 3.8) is 0 Å². The van der Waals surface area contributed by atoms with Crippen LogP contribution >= 0.6 is 0 Å². The van der Waals surface area contributed by atoms with Crippen LogP contribution in [0.25, 0.3) is 0 Å². The van der Waals surface area contributed by atoms with Crippen molar-refractivity contribution in [2.45, 2.75) is 33.1 Å². The topological polar surface area (TPSA) is 6.48 Å². The van der Waals surface area contributed by atoms with Gasteiger partial charge >= 0.3 is 0 Å². The first-order chi connectivity index (χ1) is 9.17. The van der Waals surface area contributed by atoms with Crippen LogP contribution in [-0.4, -0.2) is 49.6 Å². The Morgan fingerprint density at radius 3 is 2.16 bits per heavy atom. The highest BCUT2D eigenvalue weighted by molar-refractivity contribution is 5.18. The van der Waals surface area contributed by atoms with Gasteiger partial charge in [-0.3, -0.25) is 0 Å². The van der Waals surface area contributed by atoms with Crippen LogP contribution < -0.4 is 0 Å². The number of rotatable bonds is 9. The van der Waals surface area contributed by atoms with Crippen molar-refractivity contribution >= 4 is 0 Å². The summed E-state index contributed by atoms with van der Waals surface area (Å²) in [7, 11) is 2.24. The van der Waals surface area contributed by atoms with Crippen LogP contribution in [-0.2, 0) is 0 Å². The fourth-order valence-corrected chi connectivity index (χ4v) is 2.33. The highest BCUT2D eigenvalue weighted by atomic mass is 15.2. The van der Waals surface area contributed by atoms with Crippen LogP contribution in [0.3, 0.4) is 0 Å². The minimum atomic E-state index is 0.650. The van der Waals surface area contributed by atoms with Gasteiger partial charge in [0, 0.05) is 13.1 Å². The molecule has 0 bridgehead atoms. The zero-order chi connectivity index (χ0) is 14.1. The Balaban J connectivity index is 2.24. The van der Waals surface area contributed by atoms with E-state index in [1.165, 1.54) is 31.6 Å². The maximum absolute atomic E-state index is 2.48. The molecule has 0 spiro atoms. The monoisotopic (exact) mass is 262 g/mol. The summed E-state index contributed by atoms with van der Waals surface area (Å²) in [6.45, 7) is 12.6. The highest BCUT2D eigenvalue weighted by Gasteiger charge is 2.07. The molecule has 108 valence electrons. The number of nitrogens with zero attached hydrogens (tertiary/aromatic N) is 2. The quantitative estimate of drug-likeness (QED) is 0.672. The molecule has 0 aromatic heterocycles. The van der Waals surface area contributed by atoms with Gasteiger partial charge in [-0.05, 0) is 44.6 Å². The molecule has 19 heavy (non-hydrogen) atoms.